The molecule has 0 fully saturated rings. The molecule has 0 aliphatic carbocycles. The van der Waals surface area contributed by atoms with E-state index in [0.717, 1.165) is 11.1 Å². The van der Waals surface area contributed by atoms with E-state index in [4.69, 9.17) is 11.6 Å². The van der Waals surface area contributed by atoms with Gasteiger partial charge in [0, 0.05) is 16.1 Å². The monoisotopic (exact) mass is 262 g/mol. The normalized spacial score (nSPS) is 10.4. The Morgan fingerprint density at radius 3 is 2.44 bits per heavy atom. The van der Waals surface area contributed by atoms with Gasteiger partial charge in [0.05, 0.1) is 0 Å². The molecule has 0 atom stereocenters. The van der Waals surface area contributed by atoms with Crippen LogP contribution in [-0.2, 0) is 0 Å². The van der Waals surface area contributed by atoms with Gasteiger partial charge in [-0.1, -0.05) is 11.6 Å². The van der Waals surface area contributed by atoms with E-state index in [0.29, 0.717) is 16.1 Å². The van der Waals surface area contributed by atoms with Crippen LogP contribution in [0.25, 0.3) is 0 Å². The Balaban J connectivity index is 2.47. The molecule has 92 valence electrons. The third-order valence-corrected chi connectivity index (χ3v) is 2.97. The summed E-state index contributed by atoms with van der Waals surface area (Å²) in [5.41, 5.74) is 2.42. The number of hydrogen-bond acceptors (Lipinski definition) is 1. The van der Waals surface area contributed by atoms with Crippen molar-refractivity contribution in [1.82, 2.24) is 0 Å². The van der Waals surface area contributed by atoms with Crippen LogP contribution in [0, 0.1) is 19.7 Å². The molecule has 0 N–H and O–H groups in total. The summed E-state index contributed by atoms with van der Waals surface area (Å²) < 4.78 is 13.3. The van der Waals surface area contributed by atoms with Gasteiger partial charge < -0.3 is 0 Å². The Bertz CT molecular complexity index is 600. The first-order chi connectivity index (χ1) is 8.47. The first-order valence-corrected chi connectivity index (χ1v) is 5.93. The molecule has 0 bridgehead atoms. The molecule has 18 heavy (non-hydrogen) atoms. The lowest BCUT2D eigenvalue weighted by Crippen LogP contribution is -2.04. The number of carbonyl (C=O) groups is 1. The van der Waals surface area contributed by atoms with Crippen LogP contribution in [0.15, 0.2) is 36.4 Å². The predicted octanol–water partition coefficient (Wildman–Crippen LogP) is 4.33. The SMILES string of the molecule is Cc1cc(F)cc(C(=O)c2ccc(Cl)cc2C)c1. The first kappa shape index (κ1) is 12.8. The molecule has 0 saturated carbocycles. The van der Waals surface area contributed by atoms with Crippen LogP contribution in [0.3, 0.4) is 0 Å². The standard InChI is InChI=1S/C15H12ClFO/c1-9-5-11(8-13(17)6-9)15(18)14-4-3-12(16)7-10(14)2/h3-8H,1-2H3. The summed E-state index contributed by atoms with van der Waals surface area (Å²) >= 11 is 5.85. The zero-order valence-electron chi connectivity index (χ0n) is 10.1. The van der Waals surface area contributed by atoms with E-state index in [1.165, 1.54) is 12.1 Å². The van der Waals surface area contributed by atoms with Crippen LogP contribution in [0.1, 0.15) is 27.0 Å². The zero-order valence-corrected chi connectivity index (χ0v) is 10.9. The van der Waals surface area contributed by atoms with Crippen LogP contribution in [0.4, 0.5) is 4.39 Å². The summed E-state index contributed by atoms with van der Waals surface area (Å²) in [6.07, 6.45) is 0. The minimum absolute atomic E-state index is 0.188. The molecule has 2 rings (SSSR count). The van der Waals surface area contributed by atoms with E-state index in [-0.39, 0.29) is 5.78 Å². The van der Waals surface area contributed by atoms with Gasteiger partial charge in [0.1, 0.15) is 5.82 Å². The van der Waals surface area contributed by atoms with Crippen molar-refractivity contribution in [3.05, 3.63) is 69.5 Å². The van der Waals surface area contributed by atoms with Gasteiger partial charge in [0.15, 0.2) is 5.78 Å². The molecule has 0 radical (unpaired) electrons. The van der Waals surface area contributed by atoms with E-state index >= 15 is 0 Å². The van der Waals surface area contributed by atoms with Crippen molar-refractivity contribution < 1.29 is 9.18 Å². The van der Waals surface area contributed by atoms with Gasteiger partial charge in [0.25, 0.3) is 0 Å². The van der Waals surface area contributed by atoms with Gasteiger partial charge in [0.2, 0.25) is 0 Å². The van der Waals surface area contributed by atoms with Gasteiger partial charge in [-0.3, -0.25) is 4.79 Å². The van der Waals surface area contributed by atoms with Gasteiger partial charge in [-0.25, -0.2) is 4.39 Å². The maximum atomic E-state index is 13.3. The third-order valence-electron chi connectivity index (χ3n) is 2.74. The lowest BCUT2D eigenvalue weighted by atomic mass is 9.98. The molecule has 0 saturated heterocycles. The van der Waals surface area contributed by atoms with E-state index in [2.05, 4.69) is 0 Å². The summed E-state index contributed by atoms with van der Waals surface area (Å²) in [7, 11) is 0. The Hall–Kier alpha value is -1.67. The highest BCUT2D eigenvalue weighted by atomic mass is 35.5. The highest BCUT2D eigenvalue weighted by Gasteiger charge is 2.13. The van der Waals surface area contributed by atoms with Crippen molar-refractivity contribution in [2.75, 3.05) is 0 Å². The topological polar surface area (TPSA) is 17.1 Å². The third kappa shape index (κ3) is 2.59. The fraction of sp³-hybridized carbons (Fsp3) is 0.133. The van der Waals surface area contributed by atoms with E-state index in [9.17, 15) is 9.18 Å². The number of hydrogen-bond donors (Lipinski definition) is 0. The second-order valence-corrected chi connectivity index (χ2v) is 4.74. The highest BCUT2D eigenvalue weighted by Crippen LogP contribution is 2.19. The van der Waals surface area contributed by atoms with Crippen molar-refractivity contribution in [2.24, 2.45) is 0 Å². The van der Waals surface area contributed by atoms with E-state index in [1.807, 2.05) is 6.92 Å². The van der Waals surface area contributed by atoms with Gasteiger partial charge >= 0.3 is 0 Å². The van der Waals surface area contributed by atoms with Crippen LogP contribution in [0.5, 0.6) is 0 Å². The summed E-state index contributed by atoms with van der Waals surface area (Å²) in [5, 5.41) is 0.583. The molecule has 0 aliphatic heterocycles. The Morgan fingerprint density at radius 1 is 1.11 bits per heavy atom. The zero-order chi connectivity index (χ0) is 13.3. The van der Waals surface area contributed by atoms with Crippen molar-refractivity contribution in [3.63, 3.8) is 0 Å². The Labute approximate surface area is 110 Å². The lowest BCUT2D eigenvalue weighted by Gasteiger charge is -2.06. The largest absolute Gasteiger partial charge is 0.289 e. The number of rotatable bonds is 2. The van der Waals surface area contributed by atoms with Crippen LogP contribution in [-0.4, -0.2) is 5.78 Å². The molecular formula is C15H12ClFO. The summed E-state index contributed by atoms with van der Waals surface area (Å²) in [5.74, 6) is -0.586. The van der Waals surface area contributed by atoms with Gasteiger partial charge in [-0.2, -0.15) is 0 Å². The fourth-order valence-corrected chi connectivity index (χ4v) is 2.13. The molecule has 2 aromatic carbocycles. The van der Waals surface area contributed by atoms with Crippen LogP contribution < -0.4 is 0 Å². The number of benzene rings is 2. The van der Waals surface area contributed by atoms with Crippen molar-refractivity contribution in [2.45, 2.75) is 13.8 Å². The van der Waals surface area contributed by atoms with Crippen LogP contribution in [0.2, 0.25) is 5.02 Å². The van der Waals surface area contributed by atoms with Crippen molar-refractivity contribution in [3.8, 4) is 0 Å². The molecule has 3 heteroatoms. The Kier molecular flexibility index (Phi) is 3.48. The minimum Gasteiger partial charge on any atom is -0.289 e. The average Bonchev–Trinajstić information content (AvgIpc) is 2.26. The molecule has 0 amide bonds. The van der Waals surface area contributed by atoms with Crippen molar-refractivity contribution in [1.29, 1.82) is 0 Å². The lowest BCUT2D eigenvalue weighted by molar-refractivity contribution is 0.103. The average molecular weight is 263 g/mol. The minimum atomic E-state index is -0.398. The van der Waals surface area contributed by atoms with Gasteiger partial charge in [-0.05, 0) is 61.4 Å². The Morgan fingerprint density at radius 2 is 1.83 bits per heavy atom. The molecule has 1 nitrogen and oxygen atoms in total. The highest BCUT2D eigenvalue weighted by molar-refractivity contribution is 6.30. The maximum absolute atomic E-state index is 13.3. The molecule has 0 aliphatic rings. The predicted molar refractivity (Wildman–Crippen MR) is 70.8 cm³/mol. The quantitative estimate of drug-likeness (QED) is 0.737. The van der Waals surface area contributed by atoms with E-state index < -0.39 is 5.82 Å². The summed E-state index contributed by atoms with van der Waals surface area (Å²) in [6.45, 7) is 3.57. The number of halogens is 2. The first-order valence-electron chi connectivity index (χ1n) is 5.55. The molecule has 0 unspecified atom stereocenters. The summed E-state index contributed by atoms with van der Waals surface area (Å²) in [4.78, 5) is 12.3. The smallest absolute Gasteiger partial charge is 0.193 e. The van der Waals surface area contributed by atoms with Crippen LogP contribution >= 0.6 is 11.6 Å². The number of carbonyl (C=O) groups excluding carboxylic acids is 1. The number of ketones is 1. The summed E-state index contributed by atoms with van der Waals surface area (Å²) in [6, 6.07) is 9.38. The molecular weight excluding hydrogens is 251 g/mol. The van der Waals surface area contributed by atoms with E-state index in [1.54, 1.807) is 31.2 Å². The number of aryl methyl sites for hydroxylation is 2. The molecule has 0 spiro atoms. The molecule has 0 heterocycles. The van der Waals surface area contributed by atoms with Crippen molar-refractivity contribution >= 4 is 17.4 Å². The second-order valence-electron chi connectivity index (χ2n) is 4.31. The van der Waals surface area contributed by atoms with Gasteiger partial charge in [-0.15, -0.1) is 0 Å². The fourth-order valence-electron chi connectivity index (χ4n) is 1.90. The molecule has 0 aromatic heterocycles. The maximum Gasteiger partial charge on any atom is 0.193 e. The molecule has 2 aromatic rings. The second kappa shape index (κ2) is 4.91.